The van der Waals surface area contributed by atoms with Gasteiger partial charge in [-0.05, 0) is 33.3 Å². The second-order valence-electron chi connectivity index (χ2n) is 5.44. The number of rotatable bonds is 3. The van der Waals surface area contributed by atoms with E-state index in [1.54, 1.807) is 0 Å². The second-order valence-corrected chi connectivity index (χ2v) is 5.44. The molecule has 1 atom stereocenters. The van der Waals surface area contributed by atoms with E-state index in [0.29, 0.717) is 6.04 Å². The summed E-state index contributed by atoms with van der Waals surface area (Å²) in [4.78, 5) is 7.14. The summed E-state index contributed by atoms with van der Waals surface area (Å²) < 4.78 is 0. The summed E-state index contributed by atoms with van der Waals surface area (Å²) in [7, 11) is 0. The number of amidine groups is 1. The average Bonchev–Trinajstić information content (AvgIpc) is 2.90. The molecule has 0 aromatic carbocycles. The highest BCUT2D eigenvalue weighted by Crippen LogP contribution is 2.24. The number of piperazine rings is 1. The lowest BCUT2D eigenvalue weighted by molar-refractivity contribution is 0.223. The van der Waals surface area contributed by atoms with Gasteiger partial charge in [0.2, 0.25) is 0 Å². The lowest BCUT2D eigenvalue weighted by atomic mass is 10.1. The van der Waals surface area contributed by atoms with Gasteiger partial charge in [0, 0.05) is 44.6 Å². The highest BCUT2D eigenvalue weighted by Gasteiger charge is 2.24. The molecule has 2 N–H and O–H groups in total. The van der Waals surface area contributed by atoms with E-state index in [0.717, 1.165) is 32.0 Å². The second kappa shape index (κ2) is 9.46. The minimum atomic E-state index is 0. The molecule has 2 aliphatic rings. The Labute approximate surface area is 137 Å². The lowest BCUT2D eigenvalue weighted by Crippen LogP contribution is -2.49. The van der Waals surface area contributed by atoms with Crippen LogP contribution in [0, 0.1) is 0 Å². The normalized spacial score (nSPS) is 25.7. The number of allylic oxidation sites excluding steroid dienone is 2. The van der Waals surface area contributed by atoms with Crippen molar-refractivity contribution >= 4 is 5.84 Å². The van der Waals surface area contributed by atoms with Crippen LogP contribution < -0.4 is 10.6 Å². The molecule has 1 fully saturated rings. The molecule has 2 rings (SSSR count). The summed E-state index contributed by atoms with van der Waals surface area (Å²) in [5.41, 5.74) is 3.87. The van der Waals surface area contributed by atoms with E-state index in [-0.39, 0.29) is 1.43 Å². The summed E-state index contributed by atoms with van der Waals surface area (Å²) in [6.45, 7) is 16.6. The fraction of sp³-hybridized carbons (Fsp3) is 0.611. The first-order chi connectivity index (χ1) is 10.6. The van der Waals surface area contributed by atoms with E-state index in [1.807, 2.05) is 26.8 Å². The molecule has 126 valence electrons. The van der Waals surface area contributed by atoms with Gasteiger partial charge in [0.1, 0.15) is 5.84 Å². The predicted molar refractivity (Wildman–Crippen MR) is 99.2 cm³/mol. The summed E-state index contributed by atoms with van der Waals surface area (Å²) >= 11 is 0. The topological polar surface area (TPSA) is 39.7 Å². The number of aliphatic imine (C=N–C) groups is 1. The van der Waals surface area contributed by atoms with Crippen molar-refractivity contribution in [2.45, 2.75) is 47.6 Å². The molecular weight excluding hydrogens is 272 g/mol. The molecule has 22 heavy (non-hydrogen) atoms. The van der Waals surface area contributed by atoms with Crippen LogP contribution in [0.2, 0.25) is 0 Å². The maximum atomic E-state index is 4.65. The highest BCUT2D eigenvalue weighted by molar-refractivity contribution is 6.06. The summed E-state index contributed by atoms with van der Waals surface area (Å²) in [5.74, 6) is 1.00. The number of nitrogens with zero attached hydrogens (tertiary/aromatic N) is 2. The van der Waals surface area contributed by atoms with E-state index in [2.05, 4.69) is 53.6 Å². The fourth-order valence-corrected chi connectivity index (χ4v) is 2.82. The Morgan fingerprint density at radius 2 is 2.23 bits per heavy atom. The van der Waals surface area contributed by atoms with Crippen LogP contribution in [-0.2, 0) is 0 Å². The van der Waals surface area contributed by atoms with Crippen molar-refractivity contribution in [3.63, 3.8) is 0 Å². The van der Waals surface area contributed by atoms with Crippen molar-refractivity contribution in [1.29, 1.82) is 0 Å². The van der Waals surface area contributed by atoms with Crippen molar-refractivity contribution in [3.05, 3.63) is 35.2 Å². The molecule has 0 radical (unpaired) electrons. The first kappa shape index (κ1) is 18.5. The molecule has 4 heteroatoms. The quantitative estimate of drug-likeness (QED) is 0.786. The van der Waals surface area contributed by atoms with Crippen molar-refractivity contribution in [2.75, 3.05) is 26.2 Å². The maximum absolute atomic E-state index is 4.65. The monoisotopic (exact) mass is 306 g/mol. The lowest BCUT2D eigenvalue weighted by Gasteiger charge is -2.37. The van der Waals surface area contributed by atoms with E-state index in [1.165, 1.54) is 16.8 Å². The van der Waals surface area contributed by atoms with Gasteiger partial charge < -0.3 is 15.5 Å². The molecule has 2 aliphatic heterocycles. The average molecular weight is 306 g/mol. The van der Waals surface area contributed by atoms with Crippen LogP contribution in [-0.4, -0.2) is 43.0 Å². The molecule has 1 saturated heterocycles. The minimum absolute atomic E-state index is 0. The summed E-state index contributed by atoms with van der Waals surface area (Å²) in [5, 5.41) is 6.74. The van der Waals surface area contributed by atoms with Gasteiger partial charge in [-0.2, -0.15) is 0 Å². The Kier molecular flexibility index (Phi) is 7.96. The van der Waals surface area contributed by atoms with Crippen molar-refractivity contribution in [2.24, 2.45) is 4.99 Å². The van der Waals surface area contributed by atoms with E-state index in [9.17, 15) is 0 Å². The molecule has 0 spiro atoms. The molecule has 0 bridgehead atoms. The first-order valence-corrected chi connectivity index (χ1v) is 8.43. The molecule has 0 aromatic rings. The molecular formula is C18H34N4. The van der Waals surface area contributed by atoms with Crippen LogP contribution in [0.15, 0.2) is 40.2 Å². The van der Waals surface area contributed by atoms with Gasteiger partial charge in [-0.3, -0.25) is 4.99 Å². The molecule has 0 unspecified atom stereocenters. The number of hydrogen-bond acceptors (Lipinski definition) is 3. The summed E-state index contributed by atoms with van der Waals surface area (Å²) in [6, 6.07) is 0.529. The fourth-order valence-electron chi connectivity index (χ4n) is 2.82. The highest BCUT2D eigenvalue weighted by atomic mass is 15.2. The molecule has 0 aliphatic carbocycles. The van der Waals surface area contributed by atoms with Gasteiger partial charge in [-0.25, -0.2) is 0 Å². The SMILES string of the molecule is C/C=C\CN=C1NC=C(C)/C1=C(/C)N1CCNC[C@@H]1C.CC.[HH]. The summed E-state index contributed by atoms with van der Waals surface area (Å²) in [6.07, 6.45) is 6.16. The molecule has 0 saturated carbocycles. The van der Waals surface area contributed by atoms with E-state index >= 15 is 0 Å². The maximum Gasteiger partial charge on any atom is 0.134 e. The zero-order chi connectivity index (χ0) is 16.5. The zero-order valence-corrected chi connectivity index (χ0v) is 15.0. The van der Waals surface area contributed by atoms with Crippen molar-refractivity contribution in [3.8, 4) is 0 Å². The Balaban J connectivity index is 0.00000155. The molecule has 0 amide bonds. The molecule has 2 heterocycles. The van der Waals surface area contributed by atoms with Crippen LogP contribution in [0.25, 0.3) is 0 Å². The van der Waals surface area contributed by atoms with Crippen LogP contribution in [0.1, 0.15) is 43.0 Å². The van der Waals surface area contributed by atoms with Crippen molar-refractivity contribution in [1.82, 2.24) is 15.5 Å². The zero-order valence-electron chi connectivity index (χ0n) is 15.0. The third kappa shape index (κ3) is 4.47. The largest absolute Gasteiger partial charge is 0.369 e. The third-order valence-corrected chi connectivity index (χ3v) is 3.94. The predicted octanol–water partition coefficient (Wildman–Crippen LogP) is 3.31. The Hall–Kier alpha value is -1.55. The first-order valence-electron chi connectivity index (χ1n) is 8.43. The van der Waals surface area contributed by atoms with Crippen LogP contribution in [0.5, 0.6) is 0 Å². The van der Waals surface area contributed by atoms with E-state index < -0.39 is 0 Å². The number of nitrogens with one attached hydrogen (secondary N) is 2. The van der Waals surface area contributed by atoms with Gasteiger partial charge in [-0.15, -0.1) is 0 Å². The van der Waals surface area contributed by atoms with Gasteiger partial charge >= 0.3 is 0 Å². The minimum Gasteiger partial charge on any atom is -0.369 e. The van der Waals surface area contributed by atoms with Crippen molar-refractivity contribution < 1.29 is 1.43 Å². The van der Waals surface area contributed by atoms with Crippen LogP contribution >= 0.6 is 0 Å². The van der Waals surface area contributed by atoms with Crippen LogP contribution in [0.4, 0.5) is 0 Å². The smallest absolute Gasteiger partial charge is 0.134 e. The van der Waals surface area contributed by atoms with Gasteiger partial charge in [0.15, 0.2) is 0 Å². The Bertz CT molecular complexity index is 477. The van der Waals surface area contributed by atoms with E-state index in [4.69, 9.17) is 0 Å². The Morgan fingerprint density at radius 3 is 2.86 bits per heavy atom. The molecule has 0 aromatic heterocycles. The standard InChI is InChI=1S/C16H26N4.C2H6.H2/c1-5-6-7-18-16-15(12(2)10-19-16)14(4)20-9-8-17-11-13(20)3;1-2;/h5-6,10,13,17H,7-9,11H2,1-4H3,(H,18,19);1-2H3;1H/b6-5-,15-14+;;/t13-;;/m0../s1. The third-order valence-electron chi connectivity index (χ3n) is 3.94. The number of hydrogen-bond donors (Lipinski definition) is 2. The molecule has 4 nitrogen and oxygen atoms in total. The van der Waals surface area contributed by atoms with Gasteiger partial charge in [0.05, 0.1) is 6.54 Å². The van der Waals surface area contributed by atoms with Crippen LogP contribution in [0.3, 0.4) is 0 Å². The van der Waals surface area contributed by atoms with Gasteiger partial charge in [0.25, 0.3) is 0 Å². The Morgan fingerprint density at radius 1 is 1.50 bits per heavy atom. The van der Waals surface area contributed by atoms with Gasteiger partial charge in [-0.1, -0.05) is 26.0 Å².